The molecular formula is C17H20ClNO3. The first-order chi connectivity index (χ1) is 10.7. The third kappa shape index (κ3) is 3.74. The molecule has 1 unspecified atom stereocenters. The van der Waals surface area contributed by atoms with Crippen LogP contribution in [-0.2, 0) is 11.3 Å². The fourth-order valence-electron chi connectivity index (χ4n) is 2.76. The Bertz CT molecular complexity index is 586. The quantitative estimate of drug-likeness (QED) is 0.864. The zero-order valence-corrected chi connectivity index (χ0v) is 13.2. The van der Waals surface area contributed by atoms with Crippen molar-refractivity contribution in [3.05, 3.63) is 34.9 Å². The molecule has 4 nitrogen and oxygen atoms in total. The number of allylic oxidation sites excluding steroid dienone is 2. The lowest BCUT2D eigenvalue weighted by molar-refractivity contribution is -0.121. The number of carbonyl (C=O) groups excluding carboxylic acids is 1. The number of hydrogen-bond donors (Lipinski definition) is 1. The van der Waals surface area contributed by atoms with Gasteiger partial charge in [0.25, 0.3) is 0 Å². The first-order valence-electron chi connectivity index (χ1n) is 7.74. The van der Waals surface area contributed by atoms with Crippen molar-refractivity contribution in [2.75, 3.05) is 13.2 Å². The van der Waals surface area contributed by atoms with Gasteiger partial charge in [-0.25, -0.2) is 0 Å². The zero-order valence-electron chi connectivity index (χ0n) is 12.4. The Morgan fingerprint density at radius 2 is 2.18 bits per heavy atom. The Morgan fingerprint density at radius 1 is 1.32 bits per heavy atom. The molecule has 22 heavy (non-hydrogen) atoms. The molecule has 1 aliphatic heterocycles. The van der Waals surface area contributed by atoms with E-state index in [1.807, 2.05) is 12.1 Å². The third-order valence-electron chi connectivity index (χ3n) is 3.91. The van der Waals surface area contributed by atoms with Crippen molar-refractivity contribution in [1.82, 2.24) is 5.32 Å². The molecule has 0 radical (unpaired) electrons. The van der Waals surface area contributed by atoms with Crippen LogP contribution in [0.25, 0.3) is 0 Å². The summed E-state index contributed by atoms with van der Waals surface area (Å²) in [6.07, 6.45) is 7.81. The molecule has 1 heterocycles. The largest absolute Gasteiger partial charge is 0.489 e. The van der Waals surface area contributed by atoms with Crippen LogP contribution in [0.3, 0.4) is 0 Å². The molecule has 3 rings (SSSR count). The van der Waals surface area contributed by atoms with E-state index in [9.17, 15) is 4.79 Å². The van der Waals surface area contributed by atoms with Crippen LogP contribution in [0.5, 0.6) is 11.5 Å². The summed E-state index contributed by atoms with van der Waals surface area (Å²) < 4.78 is 11.2. The molecule has 0 saturated carbocycles. The molecule has 118 valence electrons. The minimum absolute atomic E-state index is 0.0692. The van der Waals surface area contributed by atoms with Crippen LogP contribution in [0, 0.1) is 5.92 Å². The standard InChI is InChI=1S/C17H20ClNO3/c18-14-8-13(9-15-17(14)22-7-3-6-21-15)11-19-16(20)10-12-4-1-2-5-12/h1,4,8-9,12H,2-3,5-7,10-11H2,(H,19,20). The van der Waals surface area contributed by atoms with Crippen LogP contribution in [0.15, 0.2) is 24.3 Å². The van der Waals surface area contributed by atoms with Crippen molar-refractivity contribution < 1.29 is 14.3 Å². The Balaban J connectivity index is 1.60. The maximum atomic E-state index is 12.0. The molecule has 1 amide bonds. The minimum atomic E-state index is 0.0692. The maximum Gasteiger partial charge on any atom is 0.220 e. The molecule has 1 aliphatic carbocycles. The van der Waals surface area contributed by atoms with Gasteiger partial charge in [-0.3, -0.25) is 4.79 Å². The normalized spacial score (nSPS) is 19.8. The summed E-state index contributed by atoms with van der Waals surface area (Å²) in [7, 11) is 0. The molecule has 2 aliphatic rings. The van der Waals surface area contributed by atoms with Gasteiger partial charge >= 0.3 is 0 Å². The number of fused-ring (bicyclic) bond motifs is 1. The van der Waals surface area contributed by atoms with E-state index in [0.29, 0.717) is 48.6 Å². The van der Waals surface area contributed by atoms with Crippen molar-refractivity contribution in [1.29, 1.82) is 0 Å². The molecule has 0 fully saturated rings. The topological polar surface area (TPSA) is 47.6 Å². The van der Waals surface area contributed by atoms with Crippen molar-refractivity contribution in [2.45, 2.75) is 32.2 Å². The Labute approximate surface area is 135 Å². The molecule has 1 atom stereocenters. The first-order valence-corrected chi connectivity index (χ1v) is 8.11. The monoisotopic (exact) mass is 321 g/mol. The summed E-state index contributed by atoms with van der Waals surface area (Å²) in [4.78, 5) is 12.0. The van der Waals surface area contributed by atoms with Crippen molar-refractivity contribution in [3.63, 3.8) is 0 Å². The fourth-order valence-corrected chi connectivity index (χ4v) is 3.05. The Kier molecular flexibility index (Phi) is 4.88. The Morgan fingerprint density at radius 3 is 3.00 bits per heavy atom. The van der Waals surface area contributed by atoms with Crippen molar-refractivity contribution in [2.24, 2.45) is 5.92 Å². The third-order valence-corrected chi connectivity index (χ3v) is 4.19. The summed E-state index contributed by atoms with van der Waals surface area (Å²) in [6.45, 7) is 1.68. The molecular weight excluding hydrogens is 302 g/mol. The molecule has 1 N–H and O–H groups in total. The number of carbonyl (C=O) groups is 1. The van der Waals surface area contributed by atoms with E-state index in [2.05, 4.69) is 17.5 Å². The molecule has 0 saturated heterocycles. The number of ether oxygens (including phenoxy) is 2. The number of nitrogens with one attached hydrogen (secondary N) is 1. The molecule has 1 aromatic carbocycles. The summed E-state index contributed by atoms with van der Waals surface area (Å²) in [5, 5.41) is 3.48. The van der Waals surface area contributed by atoms with E-state index in [0.717, 1.165) is 24.8 Å². The molecule has 0 aromatic heterocycles. The first kappa shape index (κ1) is 15.2. The average Bonchev–Trinajstić information content (AvgIpc) is 2.88. The van der Waals surface area contributed by atoms with E-state index in [-0.39, 0.29) is 5.91 Å². The highest BCUT2D eigenvalue weighted by Crippen LogP contribution is 2.37. The second-order valence-corrected chi connectivity index (χ2v) is 6.11. The lowest BCUT2D eigenvalue weighted by atomic mass is 10.1. The van der Waals surface area contributed by atoms with Gasteiger partial charge in [-0.05, 0) is 36.5 Å². The lowest BCUT2D eigenvalue weighted by Gasteiger charge is -2.13. The molecule has 1 aromatic rings. The number of benzene rings is 1. The molecule has 5 heteroatoms. The van der Waals surface area contributed by atoms with E-state index in [1.54, 1.807) is 0 Å². The average molecular weight is 322 g/mol. The zero-order chi connectivity index (χ0) is 15.4. The van der Waals surface area contributed by atoms with Crippen LogP contribution in [0.4, 0.5) is 0 Å². The molecule has 0 bridgehead atoms. The van der Waals surface area contributed by atoms with Gasteiger partial charge in [-0.2, -0.15) is 0 Å². The predicted octanol–water partition coefficient (Wildman–Crippen LogP) is 3.47. The van der Waals surface area contributed by atoms with Gasteiger partial charge in [0.15, 0.2) is 11.5 Å². The highest BCUT2D eigenvalue weighted by molar-refractivity contribution is 6.32. The number of amides is 1. The summed E-state index contributed by atoms with van der Waals surface area (Å²) in [5.74, 6) is 1.71. The van der Waals surface area contributed by atoms with Crippen LogP contribution in [-0.4, -0.2) is 19.1 Å². The van der Waals surface area contributed by atoms with E-state index >= 15 is 0 Å². The van der Waals surface area contributed by atoms with E-state index in [1.165, 1.54) is 0 Å². The van der Waals surface area contributed by atoms with Gasteiger partial charge in [0.1, 0.15) is 0 Å². The second-order valence-electron chi connectivity index (χ2n) is 5.70. The highest BCUT2D eigenvalue weighted by atomic mass is 35.5. The van der Waals surface area contributed by atoms with Crippen LogP contribution < -0.4 is 14.8 Å². The summed E-state index contributed by atoms with van der Waals surface area (Å²) >= 11 is 6.25. The number of rotatable bonds is 4. The van der Waals surface area contributed by atoms with Gasteiger partial charge in [0.05, 0.1) is 18.2 Å². The Hall–Kier alpha value is -1.68. The van der Waals surface area contributed by atoms with Crippen molar-refractivity contribution >= 4 is 17.5 Å². The number of hydrogen-bond acceptors (Lipinski definition) is 3. The van der Waals surface area contributed by atoms with Gasteiger partial charge in [-0.15, -0.1) is 0 Å². The van der Waals surface area contributed by atoms with Gasteiger partial charge in [-0.1, -0.05) is 23.8 Å². The summed E-state index contributed by atoms with van der Waals surface area (Å²) in [6, 6.07) is 3.72. The van der Waals surface area contributed by atoms with Crippen LogP contribution >= 0.6 is 11.6 Å². The summed E-state index contributed by atoms with van der Waals surface area (Å²) in [5.41, 5.74) is 0.921. The second kappa shape index (κ2) is 7.05. The van der Waals surface area contributed by atoms with Gasteiger partial charge in [0.2, 0.25) is 5.91 Å². The highest BCUT2D eigenvalue weighted by Gasteiger charge is 2.17. The predicted molar refractivity (Wildman–Crippen MR) is 85.4 cm³/mol. The van der Waals surface area contributed by atoms with Crippen molar-refractivity contribution in [3.8, 4) is 11.5 Å². The van der Waals surface area contributed by atoms with Gasteiger partial charge < -0.3 is 14.8 Å². The van der Waals surface area contributed by atoms with Crippen LogP contribution in [0.1, 0.15) is 31.2 Å². The smallest absolute Gasteiger partial charge is 0.220 e. The van der Waals surface area contributed by atoms with Gasteiger partial charge in [0, 0.05) is 19.4 Å². The lowest BCUT2D eigenvalue weighted by Crippen LogP contribution is -2.24. The van der Waals surface area contributed by atoms with E-state index < -0.39 is 0 Å². The molecule has 0 spiro atoms. The fraction of sp³-hybridized carbons (Fsp3) is 0.471. The number of halogens is 1. The van der Waals surface area contributed by atoms with E-state index in [4.69, 9.17) is 21.1 Å². The van der Waals surface area contributed by atoms with Crippen LogP contribution in [0.2, 0.25) is 5.02 Å². The minimum Gasteiger partial charge on any atom is -0.489 e. The maximum absolute atomic E-state index is 12.0. The SMILES string of the molecule is O=C(CC1C=CCC1)NCc1cc(Cl)c2c(c1)OCCCO2.